The van der Waals surface area contributed by atoms with Crippen molar-refractivity contribution < 1.29 is 9.32 Å². The van der Waals surface area contributed by atoms with Crippen molar-refractivity contribution in [2.75, 3.05) is 13.6 Å². The number of aromatic nitrogens is 1. The Morgan fingerprint density at radius 2 is 2.20 bits per heavy atom. The highest BCUT2D eigenvalue weighted by Crippen LogP contribution is 2.27. The zero-order valence-electron chi connectivity index (χ0n) is 11.3. The minimum atomic E-state index is -0.269. The molecule has 2 rings (SSSR count). The molecule has 0 aliphatic carbocycles. The van der Waals surface area contributed by atoms with Gasteiger partial charge in [-0.2, -0.15) is 0 Å². The van der Waals surface area contributed by atoms with Crippen molar-refractivity contribution in [3.05, 3.63) is 41.0 Å². The quantitative estimate of drug-likeness (QED) is 0.888. The summed E-state index contributed by atoms with van der Waals surface area (Å²) < 4.78 is 5.17. The van der Waals surface area contributed by atoms with Crippen LogP contribution in [0.15, 0.2) is 34.9 Å². The normalized spacial score (nSPS) is 12.2. The highest BCUT2D eigenvalue weighted by Gasteiger charge is 2.15. The average Bonchev–Trinajstić information content (AvgIpc) is 2.94. The number of halogens is 1. The first-order chi connectivity index (χ1) is 9.61. The lowest BCUT2D eigenvalue weighted by molar-refractivity contribution is 0.0941. The van der Waals surface area contributed by atoms with Crippen LogP contribution in [0, 0.1) is 0 Å². The van der Waals surface area contributed by atoms with Crippen LogP contribution in [0.2, 0.25) is 5.02 Å². The van der Waals surface area contributed by atoms with Crippen molar-refractivity contribution in [3.63, 3.8) is 0 Å². The standard InChI is InChI=1S/C14H16ClN3O2/c1-9(16-2)8-17-14(19)12-7-13(20-18-12)10-5-3-4-6-11(10)15/h3-7,9,16H,8H2,1-2H3,(H,17,19). The van der Waals surface area contributed by atoms with Crippen LogP contribution in [0.25, 0.3) is 11.3 Å². The van der Waals surface area contributed by atoms with Crippen molar-refractivity contribution in [1.29, 1.82) is 0 Å². The van der Waals surface area contributed by atoms with E-state index < -0.39 is 0 Å². The molecule has 0 bridgehead atoms. The molecule has 2 aromatic rings. The Morgan fingerprint density at radius 3 is 2.90 bits per heavy atom. The Hall–Kier alpha value is -1.85. The fourth-order valence-corrected chi connectivity index (χ4v) is 1.84. The summed E-state index contributed by atoms with van der Waals surface area (Å²) >= 11 is 6.07. The van der Waals surface area contributed by atoms with Crippen molar-refractivity contribution >= 4 is 17.5 Å². The van der Waals surface area contributed by atoms with E-state index in [9.17, 15) is 4.79 Å². The topological polar surface area (TPSA) is 67.2 Å². The largest absolute Gasteiger partial charge is 0.355 e. The van der Waals surface area contributed by atoms with Gasteiger partial charge < -0.3 is 15.2 Å². The van der Waals surface area contributed by atoms with Crippen molar-refractivity contribution in [2.24, 2.45) is 0 Å². The molecule has 0 radical (unpaired) electrons. The molecule has 6 heteroatoms. The summed E-state index contributed by atoms with van der Waals surface area (Å²) in [5, 5.41) is 10.1. The Balaban J connectivity index is 2.09. The molecule has 0 aliphatic rings. The fourth-order valence-electron chi connectivity index (χ4n) is 1.61. The summed E-state index contributed by atoms with van der Waals surface area (Å²) in [6.45, 7) is 2.49. The smallest absolute Gasteiger partial charge is 0.273 e. The Bertz CT molecular complexity index is 598. The number of hydrogen-bond acceptors (Lipinski definition) is 4. The van der Waals surface area contributed by atoms with Gasteiger partial charge in [0.1, 0.15) is 0 Å². The van der Waals surface area contributed by atoms with Crippen molar-refractivity contribution in [2.45, 2.75) is 13.0 Å². The van der Waals surface area contributed by atoms with E-state index in [1.807, 2.05) is 32.2 Å². The van der Waals surface area contributed by atoms with Crippen LogP contribution in [0.4, 0.5) is 0 Å². The van der Waals surface area contributed by atoms with E-state index in [4.69, 9.17) is 16.1 Å². The zero-order chi connectivity index (χ0) is 14.5. The molecule has 0 saturated carbocycles. The molecule has 1 aromatic carbocycles. The van der Waals surface area contributed by atoms with E-state index in [-0.39, 0.29) is 17.6 Å². The predicted octanol–water partition coefficient (Wildman–Crippen LogP) is 2.33. The van der Waals surface area contributed by atoms with Crippen molar-refractivity contribution in [3.8, 4) is 11.3 Å². The molecule has 1 unspecified atom stereocenters. The van der Waals surface area contributed by atoms with Gasteiger partial charge in [-0.3, -0.25) is 4.79 Å². The maximum atomic E-state index is 11.9. The summed E-state index contributed by atoms with van der Waals surface area (Å²) in [7, 11) is 1.84. The van der Waals surface area contributed by atoms with Crippen LogP contribution in [0.1, 0.15) is 17.4 Å². The molecule has 0 aliphatic heterocycles. The van der Waals surface area contributed by atoms with E-state index in [2.05, 4.69) is 15.8 Å². The third kappa shape index (κ3) is 3.37. The van der Waals surface area contributed by atoms with E-state index in [0.717, 1.165) is 0 Å². The molecule has 0 saturated heterocycles. The zero-order valence-corrected chi connectivity index (χ0v) is 12.1. The van der Waals surface area contributed by atoms with Gasteiger partial charge in [0.05, 0.1) is 5.02 Å². The van der Waals surface area contributed by atoms with E-state index in [1.54, 1.807) is 12.1 Å². The third-order valence-corrected chi connectivity index (χ3v) is 3.27. The number of carbonyl (C=O) groups excluding carboxylic acids is 1. The lowest BCUT2D eigenvalue weighted by atomic mass is 10.1. The third-order valence-electron chi connectivity index (χ3n) is 2.94. The average molecular weight is 294 g/mol. The molecule has 1 amide bonds. The van der Waals surface area contributed by atoms with E-state index >= 15 is 0 Å². The number of likely N-dealkylation sites (N-methyl/N-ethyl adjacent to an activating group) is 1. The number of amides is 1. The summed E-state index contributed by atoms with van der Waals surface area (Å²) in [5.41, 5.74) is 0.951. The van der Waals surface area contributed by atoms with E-state index in [1.165, 1.54) is 0 Å². The summed E-state index contributed by atoms with van der Waals surface area (Å²) in [4.78, 5) is 11.9. The molecule has 2 N–H and O–H groups in total. The molecular weight excluding hydrogens is 278 g/mol. The van der Waals surface area contributed by atoms with E-state index in [0.29, 0.717) is 22.9 Å². The molecule has 1 atom stereocenters. The van der Waals surface area contributed by atoms with Gasteiger partial charge in [-0.05, 0) is 26.1 Å². The highest BCUT2D eigenvalue weighted by molar-refractivity contribution is 6.33. The molecule has 1 aromatic heterocycles. The number of nitrogens with one attached hydrogen (secondary N) is 2. The summed E-state index contributed by atoms with van der Waals surface area (Å²) in [6, 6.07) is 9.02. The number of benzene rings is 1. The molecular formula is C14H16ClN3O2. The SMILES string of the molecule is CNC(C)CNC(=O)c1cc(-c2ccccc2Cl)on1. The second-order valence-corrected chi connectivity index (χ2v) is 4.86. The minimum absolute atomic E-state index is 0.189. The predicted molar refractivity (Wildman–Crippen MR) is 77.8 cm³/mol. The first kappa shape index (κ1) is 14.6. The van der Waals surface area contributed by atoms with Gasteiger partial charge in [0.15, 0.2) is 11.5 Å². The van der Waals surface area contributed by atoms with Crippen LogP contribution >= 0.6 is 11.6 Å². The van der Waals surface area contributed by atoms with Gasteiger partial charge in [0, 0.05) is 24.2 Å². The number of rotatable bonds is 5. The maximum Gasteiger partial charge on any atom is 0.273 e. The van der Waals surface area contributed by atoms with Crippen LogP contribution in [0.5, 0.6) is 0 Å². The minimum Gasteiger partial charge on any atom is -0.355 e. The molecule has 0 fully saturated rings. The van der Waals surface area contributed by atoms with Crippen molar-refractivity contribution in [1.82, 2.24) is 15.8 Å². The summed E-state index contributed by atoms with van der Waals surface area (Å²) in [5.74, 6) is 0.205. The Labute approximate surface area is 122 Å². The van der Waals surface area contributed by atoms with Crippen LogP contribution in [0.3, 0.4) is 0 Å². The Morgan fingerprint density at radius 1 is 1.45 bits per heavy atom. The lowest BCUT2D eigenvalue weighted by Crippen LogP contribution is -2.37. The molecule has 0 spiro atoms. The van der Waals surface area contributed by atoms with Gasteiger partial charge in [-0.25, -0.2) is 0 Å². The fraction of sp³-hybridized carbons (Fsp3) is 0.286. The second kappa shape index (κ2) is 6.54. The highest BCUT2D eigenvalue weighted by atomic mass is 35.5. The first-order valence-electron chi connectivity index (χ1n) is 6.29. The Kier molecular flexibility index (Phi) is 4.76. The monoisotopic (exact) mass is 293 g/mol. The van der Waals surface area contributed by atoms with Gasteiger partial charge in [0.25, 0.3) is 5.91 Å². The van der Waals surface area contributed by atoms with Gasteiger partial charge in [-0.1, -0.05) is 28.9 Å². The van der Waals surface area contributed by atoms with Gasteiger partial charge >= 0.3 is 0 Å². The summed E-state index contributed by atoms with van der Waals surface area (Å²) in [6.07, 6.45) is 0. The van der Waals surface area contributed by atoms with Crippen LogP contribution in [-0.2, 0) is 0 Å². The number of carbonyl (C=O) groups is 1. The molecule has 1 heterocycles. The van der Waals surface area contributed by atoms with Crippen LogP contribution in [-0.4, -0.2) is 30.7 Å². The second-order valence-electron chi connectivity index (χ2n) is 4.46. The molecule has 5 nitrogen and oxygen atoms in total. The first-order valence-corrected chi connectivity index (χ1v) is 6.66. The number of hydrogen-bond donors (Lipinski definition) is 2. The lowest BCUT2D eigenvalue weighted by Gasteiger charge is -2.09. The molecule has 20 heavy (non-hydrogen) atoms. The maximum absolute atomic E-state index is 11.9. The number of nitrogens with zero attached hydrogens (tertiary/aromatic N) is 1. The van der Waals surface area contributed by atoms with Gasteiger partial charge in [-0.15, -0.1) is 0 Å². The molecule has 106 valence electrons. The van der Waals surface area contributed by atoms with Gasteiger partial charge in [0.2, 0.25) is 0 Å². The van der Waals surface area contributed by atoms with Crippen LogP contribution < -0.4 is 10.6 Å².